The van der Waals surface area contributed by atoms with Crippen LogP contribution in [0.1, 0.15) is 43.7 Å². The van der Waals surface area contributed by atoms with Crippen LogP contribution in [0.25, 0.3) is 11.6 Å². The van der Waals surface area contributed by atoms with Gasteiger partial charge in [-0.25, -0.2) is 0 Å². The van der Waals surface area contributed by atoms with E-state index in [0.29, 0.717) is 43.6 Å². The summed E-state index contributed by atoms with van der Waals surface area (Å²) in [5, 5.41) is 32.4. The van der Waals surface area contributed by atoms with Crippen molar-refractivity contribution >= 4 is 23.5 Å². The van der Waals surface area contributed by atoms with Gasteiger partial charge in [0.2, 0.25) is 11.8 Å². The van der Waals surface area contributed by atoms with Gasteiger partial charge in [0.05, 0.1) is 24.5 Å². The number of nitrogens with zero attached hydrogens (tertiary/aromatic N) is 1. The van der Waals surface area contributed by atoms with Crippen LogP contribution in [0.15, 0.2) is 96.1 Å². The molecule has 7 heteroatoms. The summed E-state index contributed by atoms with van der Waals surface area (Å²) in [6, 6.07) is 26.2. The summed E-state index contributed by atoms with van der Waals surface area (Å²) < 4.78 is 6.09. The maximum absolute atomic E-state index is 13.5. The molecule has 1 aliphatic carbocycles. The molecular weight excluding hydrogens is 542 g/mol. The molecule has 3 N–H and O–H groups in total. The summed E-state index contributed by atoms with van der Waals surface area (Å²) in [6.07, 6.45) is 2.82. The number of hydrogen-bond donors (Lipinski definition) is 3. The number of benzene rings is 3. The molecule has 224 valence electrons. The highest BCUT2D eigenvalue weighted by Crippen LogP contribution is 2.46. The second kappa shape index (κ2) is 13.8. The van der Waals surface area contributed by atoms with Gasteiger partial charge in [-0.15, -0.1) is 0 Å². The average Bonchev–Trinajstić information content (AvgIpc) is 3.26. The third-order valence-corrected chi connectivity index (χ3v) is 8.48. The molecule has 2 aliphatic rings. The molecule has 0 aromatic heterocycles. The smallest absolute Gasteiger partial charge is 0.233 e. The molecular formula is C36H39NO6. The molecule has 0 bridgehead atoms. The van der Waals surface area contributed by atoms with Crippen LogP contribution >= 0.6 is 0 Å². The topological polar surface area (TPSA) is 107 Å². The molecule has 43 heavy (non-hydrogen) atoms. The van der Waals surface area contributed by atoms with Crippen molar-refractivity contribution in [2.75, 3.05) is 19.8 Å². The summed E-state index contributed by atoms with van der Waals surface area (Å²) >= 11 is 0. The Hall–Kier alpha value is -4.20. The Balaban J connectivity index is 1.47. The molecule has 2 amide bonds. The van der Waals surface area contributed by atoms with E-state index < -0.39 is 23.9 Å². The van der Waals surface area contributed by atoms with Gasteiger partial charge >= 0.3 is 0 Å². The minimum absolute atomic E-state index is 0.149. The minimum Gasteiger partial charge on any atom is -0.508 e. The number of aliphatic hydroxyl groups excluding tert-OH is 2. The van der Waals surface area contributed by atoms with Crippen LogP contribution in [0.3, 0.4) is 0 Å². The molecule has 5 rings (SSSR count). The van der Waals surface area contributed by atoms with Crippen LogP contribution in [-0.2, 0) is 9.59 Å². The molecule has 1 fully saturated rings. The first-order chi connectivity index (χ1) is 20.9. The Morgan fingerprint density at radius 1 is 1.00 bits per heavy atom. The number of ether oxygens (including phenoxy) is 1. The SMILES string of the molecule is CCCN1C(=O)[C@@H]2[C@@H](CC(COc3ccccc3)=C([C@H](O)CC/C(=C/c3cccc(O)c3)c3ccccc3)[C@@H]2CO)C1=O. The lowest BCUT2D eigenvalue weighted by molar-refractivity contribution is -0.140. The van der Waals surface area contributed by atoms with Crippen LogP contribution in [0.4, 0.5) is 0 Å². The second-order valence-electron chi connectivity index (χ2n) is 11.3. The van der Waals surface area contributed by atoms with E-state index in [-0.39, 0.29) is 30.8 Å². The van der Waals surface area contributed by atoms with Crippen LogP contribution in [-0.4, -0.2) is 57.9 Å². The van der Waals surface area contributed by atoms with Crippen LogP contribution in [0, 0.1) is 17.8 Å². The van der Waals surface area contributed by atoms with Crippen molar-refractivity contribution in [3.63, 3.8) is 0 Å². The Labute approximate surface area is 252 Å². The highest BCUT2D eigenvalue weighted by atomic mass is 16.5. The molecule has 7 nitrogen and oxygen atoms in total. The largest absolute Gasteiger partial charge is 0.508 e. The van der Waals surface area contributed by atoms with Crippen molar-refractivity contribution in [2.24, 2.45) is 17.8 Å². The molecule has 3 aromatic carbocycles. The van der Waals surface area contributed by atoms with Gasteiger partial charge in [0.1, 0.15) is 18.1 Å². The normalized spacial score (nSPS) is 21.2. The average molecular weight is 582 g/mol. The molecule has 4 atom stereocenters. The molecule has 0 unspecified atom stereocenters. The van der Waals surface area contributed by atoms with Gasteiger partial charge in [0.15, 0.2) is 0 Å². The standard InChI is InChI=1S/C36H39NO6/c1-2-18-37-35(41)30-21-27(23-43-29-14-7-4-8-15-29)33(31(22-38)34(30)36(37)42)32(40)17-16-26(25-11-5-3-6-12-25)19-24-10-9-13-28(39)20-24/h3-15,19-20,30-32,34,38-40H,2,16-18,21-23H2,1H3/b26-19-/t30-,31+,32-,34-/m1/s1. The van der Waals surface area contributed by atoms with E-state index in [1.54, 1.807) is 18.2 Å². The third-order valence-electron chi connectivity index (χ3n) is 8.48. The number of carbonyl (C=O) groups is 2. The van der Waals surface area contributed by atoms with Crippen molar-refractivity contribution in [3.05, 3.63) is 107 Å². The molecule has 0 spiro atoms. The van der Waals surface area contributed by atoms with E-state index in [1.165, 1.54) is 4.90 Å². The lowest BCUT2D eigenvalue weighted by Crippen LogP contribution is -2.40. The van der Waals surface area contributed by atoms with E-state index in [1.807, 2.05) is 79.7 Å². The molecule has 3 aromatic rings. The van der Waals surface area contributed by atoms with Crippen molar-refractivity contribution < 1.29 is 29.6 Å². The van der Waals surface area contributed by atoms with Crippen molar-refractivity contribution in [2.45, 2.75) is 38.7 Å². The number of aromatic hydroxyl groups is 1. The zero-order chi connectivity index (χ0) is 30.3. The Bertz CT molecular complexity index is 1480. The summed E-state index contributed by atoms with van der Waals surface area (Å²) in [4.78, 5) is 28.1. The predicted octanol–water partition coefficient (Wildman–Crippen LogP) is 5.47. The fourth-order valence-corrected chi connectivity index (χ4v) is 6.50. The predicted molar refractivity (Wildman–Crippen MR) is 166 cm³/mol. The zero-order valence-corrected chi connectivity index (χ0v) is 24.4. The number of phenols is 1. The summed E-state index contributed by atoms with van der Waals surface area (Å²) in [5.41, 5.74) is 4.17. The van der Waals surface area contributed by atoms with Gasteiger partial charge in [0.25, 0.3) is 0 Å². The van der Waals surface area contributed by atoms with Gasteiger partial charge in [-0.05, 0) is 77.8 Å². The van der Waals surface area contributed by atoms with E-state index in [9.17, 15) is 24.9 Å². The first-order valence-electron chi connectivity index (χ1n) is 15.0. The number of aliphatic hydroxyl groups is 2. The maximum atomic E-state index is 13.5. The number of rotatable bonds is 12. The molecule has 1 aliphatic heterocycles. The van der Waals surface area contributed by atoms with E-state index in [0.717, 1.165) is 22.3 Å². The number of para-hydroxylation sites is 1. The van der Waals surface area contributed by atoms with Crippen LogP contribution in [0.2, 0.25) is 0 Å². The first kappa shape index (κ1) is 30.3. The van der Waals surface area contributed by atoms with E-state index in [4.69, 9.17) is 4.74 Å². The molecule has 1 saturated heterocycles. The van der Waals surface area contributed by atoms with E-state index in [2.05, 4.69) is 0 Å². The summed E-state index contributed by atoms with van der Waals surface area (Å²) in [7, 11) is 0. The number of allylic oxidation sites excluding steroid dienone is 1. The Morgan fingerprint density at radius 2 is 1.72 bits per heavy atom. The number of imide groups is 1. The van der Waals surface area contributed by atoms with E-state index >= 15 is 0 Å². The Kier molecular flexibility index (Phi) is 9.75. The number of fused-ring (bicyclic) bond motifs is 1. The van der Waals surface area contributed by atoms with Crippen molar-refractivity contribution in [1.82, 2.24) is 4.90 Å². The Morgan fingerprint density at radius 3 is 2.40 bits per heavy atom. The summed E-state index contributed by atoms with van der Waals surface area (Å²) in [6.45, 7) is 2.06. The van der Waals surface area contributed by atoms with Crippen molar-refractivity contribution in [1.29, 1.82) is 0 Å². The van der Waals surface area contributed by atoms with Gasteiger partial charge in [0, 0.05) is 12.5 Å². The zero-order valence-electron chi connectivity index (χ0n) is 24.4. The number of carbonyl (C=O) groups excluding carboxylic acids is 2. The quantitative estimate of drug-likeness (QED) is 0.149. The highest BCUT2D eigenvalue weighted by Gasteiger charge is 2.54. The maximum Gasteiger partial charge on any atom is 0.233 e. The molecule has 0 saturated carbocycles. The number of amides is 2. The molecule has 1 heterocycles. The number of likely N-dealkylation sites (tertiary alicyclic amines) is 1. The third kappa shape index (κ3) is 6.74. The van der Waals surface area contributed by atoms with Gasteiger partial charge in [-0.3, -0.25) is 14.5 Å². The monoisotopic (exact) mass is 581 g/mol. The van der Waals surface area contributed by atoms with Crippen LogP contribution in [0.5, 0.6) is 11.5 Å². The van der Waals surface area contributed by atoms with Crippen LogP contribution < -0.4 is 4.74 Å². The highest BCUT2D eigenvalue weighted by molar-refractivity contribution is 6.05. The lowest BCUT2D eigenvalue weighted by atomic mass is 9.68. The fourth-order valence-electron chi connectivity index (χ4n) is 6.50. The fraction of sp³-hybridized carbons (Fsp3) is 0.333. The molecule has 0 radical (unpaired) electrons. The van der Waals surface area contributed by atoms with Gasteiger partial charge in [-0.2, -0.15) is 0 Å². The number of hydrogen-bond acceptors (Lipinski definition) is 6. The summed E-state index contributed by atoms with van der Waals surface area (Å²) in [5.74, 6) is -1.61. The second-order valence-corrected chi connectivity index (χ2v) is 11.3. The van der Waals surface area contributed by atoms with Gasteiger partial charge < -0.3 is 20.1 Å². The minimum atomic E-state index is -0.966. The lowest BCUT2D eigenvalue weighted by Gasteiger charge is -2.36. The van der Waals surface area contributed by atoms with Gasteiger partial charge in [-0.1, -0.05) is 73.7 Å². The van der Waals surface area contributed by atoms with Crippen molar-refractivity contribution in [3.8, 4) is 11.5 Å². The number of phenolic OH excluding ortho intramolecular Hbond substituents is 1. The first-order valence-corrected chi connectivity index (χ1v) is 15.0.